The monoisotopic (exact) mass is 290 g/mol. The Hall–Kier alpha value is -0.460. The zero-order chi connectivity index (χ0) is 9.97. The van der Waals surface area contributed by atoms with E-state index in [0.29, 0.717) is 9.50 Å². The van der Waals surface area contributed by atoms with Crippen LogP contribution in [0.3, 0.4) is 0 Å². The van der Waals surface area contributed by atoms with E-state index in [9.17, 15) is 4.39 Å². The van der Waals surface area contributed by atoms with Gasteiger partial charge in [-0.3, -0.25) is 0 Å². The highest BCUT2D eigenvalue weighted by molar-refractivity contribution is 9.10. The van der Waals surface area contributed by atoms with Gasteiger partial charge in [-0.25, -0.2) is 14.4 Å². The van der Waals surface area contributed by atoms with E-state index in [1.54, 1.807) is 12.4 Å². The Morgan fingerprint density at radius 1 is 1.43 bits per heavy atom. The number of thiazole rings is 1. The van der Waals surface area contributed by atoms with Crippen LogP contribution in [0.5, 0.6) is 0 Å². The quantitative estimate of drug-likeness (QED) is 0.845. The molecule has 2 nitrogen and oxygen atoms in total. The van der Waals surface area contributed by atoms with Crippen molar-refractivity contribution < 1.29 is 4.39 Å². The number of aromatic nitrogens is 2. The first kappa shape index (κ1) is 10.1. The zero-order valence-electron chi connectivity index (χ0n) is 6.78. The van der Waals surface area contributed by atoms with Gasteiger partial charge in [0, 0.05) is 22.2 Å². The Balaban J connectivity index is 2.25. The van der Waals surface area contributed by atoms with Gasteiger partial charge in [0.1, 0.15) is 5.03 Å². The molecule has 0 saturated heterocycles. The number of hydrogen-bond donors (Lipinski definition) is 0. The van der Waals surface area contributed by atoms with Gasteiger partial charge in [-0.1, -0.05) is 0 Å². The van der Waals surface area contributed by atoms with Gasteiger partial charge in [0.25, 0.3) is 0 Å². The molecule has 0 saturated carbocycles. The lowest BCUT2D eigenvalue weighted by molar-refractivity contribution is 0.586. The molecule has 2 aromatic heterocycles. The third-order valence-corrected chi connectivity index (χ3v) is 3.68. The van der Waals surface area contributed by atoms with Crippen LogP contribution < -0.4 is 0 Å². The Morgan fingerprint density at radius 3 is 2.93 bits per heavy atom. The minimum absolute atomic E-state index is 0.334. The van der Waals surface area contributed by atoms with E-state index >= 15 is 0 Å². The highest BCUT2D eigenvalue weighted by Gasteiger charge is 2.07. The summed E-state index contributed by atoms with van der Waals surface area (Å²) in [5.41, 5.74) is 0. The molecule has 6 heteroatoms. The molecule has 0 aliphatic carbocycles. The van der Waals surface area contributed by atoms with Crippen LogP contribution in [0.25, 0.3) is 0 Å². The van der Waals surface area contributed by atoms with Gasteiger partial charge in [0.05, 0.1) is 0 Å². The van der Waals surface area contributed by atoms with Gasteiger partial charge >= 0.3 is 0 Å². The van der Waals surface area contributed by atoms with Crippen molar-refractivity contribution in [2.75, 3.05) is 0 Å². The number of hydrogen-bond acceptors (Lipinski definition) is 4. The lowest BCUT2D eigenvalue weighted by Gasteiger charge is -1.98. The molecule has 72 valence electrons. The minimum atomic E-state index is -0.334. The van der Waals surface area contributed by atoms with Crippen molar-refractivity contribution in [3.05, 3.63) is 34.1 Å². The minimum Gasteiger partial charge on any atom is -0.245 e. The van der Waals surface area contributed by atoms with Crippen molar-refractivity contribution in [1.29, 1.82) is 0 Å². The number of halogens is 2. The smallest absolute Gasteiger partial charge is 0.156 e. The summed E-state index contributed by atoms with van der Waals surface area (Å²) in [5.74, 6) is -0.334. The second-order valence-corrected chi connectivity index (χ2v) is 5.39. The predicted molar refractivity (Wildman–Crippen MR) is 58.1 cm³/mol. The maximum atomic E-state index is 13.3. The Bertz CT molecular complexity index is 433. The molecular formula is C8H4BrFN2S2. The maximum Gasteiger partial charge on any atom is 0.156 e. The van der Waals surface area contributed by atoms with E-state index in [-0.39, 0.29) is 5.82 Å². The summed E-state index contributed by atoms with van der Waals surface area (Å²) in [5, 5.41) is 2.20. The first-order valence-corrected chi connectivity index (χ1v) is 6.13. The van der Waals surface area contributed by atoms with E-state index in [1.165, 1.54) is 29.2 Å². The zero-order valence-corrected chi connectivity index (χ0v) is 10.00. The van der Waals surface area contributed by atoms with Crippen molar-refractivity contribution in [1.82, 2.24) is 9.97 Å². The first-order chi connectivity index (χ1) is 6.75. The second kappa shape index (κ2) is 4.37. The highest BCUT2D eigenvalue weighted by Crippen LogP contribution is 2.30. The molecule has 14 heavy (non-hydrogen) atoms. The molecule has 0 amide bonds. The molecule has 0 aliphatic rings. The van der Waals surface area contributed by atoms with Crippen LogP contribution in [0, 0.1) is 5.82 Å². The van der Waals surface area contributed by atoms with E-state index in [1.807, 2.05) is 5.38 Å². The number of pyridine rings is 1. The molecule has 0 unspecified atom stereocenters. The van der Waals surface area contributed by atoms with Gasteiger partial charge in [-0.05, 0) is 33.8 Å². The molecule has 0 aliphatic heterocycles. The van der Waals surface area contributed by atoms with Gasteiger partial charge in [-0.2, -0.15) is 0 Å². The lowest BCUT2D eigenvalue weighted by Crippen LogP contribution is -1.85. The third-order valence-electron chi connectivity index (χ3n) is 1.37. The standard InChI is InChI=1S/C8H4BrFN2S2/c9-5-3-6(10)7(12-4-5)14-8-11-1-2-13-8/h1-4H. The fourth-order valence-electron chi connectivity index (χ4n) is 0.821. The third kappa shape index (κ3) is 2.31. The molecule has 0 radical (unpaired) electrons. The SMILES string of the molecule is Fc1cc(Br)cnc1Sc1nccs1. The summed E-state index contributed by atoms with van der Waals surface area (Å²) < 4.78 is 14.7. The lowest BCUT2D eigenvalue weighted by atomic mass is 10.5. The van der Waals surface area contributed by atoms with Crippen molar-refractivity contribution >= 4 is 39.0 Å². The molecule has 2 heterocycles. The summed E-state index contributed by atoms with van der Waals surface area (Å²) >= 11 is 5.84. The van der Waals surface area contributed by atoms with Crippen LogP contribution in [0.15, 0.2) is 37.7 Å². The second-order valence-electron chi connectivity index (χ2n) is 2.34. The fourth-order valence-corrected chi connectivity index (χ4v) is 2.62. The molecule has 2 aromatic rings. The van der Waals surface area contributed by atoms with Crippen LogP contribution in [-0.4, -0.2) is 9.97 Å². The molecular weight excluding hydrogens is 287 g/mol. The van der Waals surface area contributed by atoms with E-state index in [4.69, 9.17) is 0 Å². The average Bonchev–Trinajstić information content (AvgIpc) is 2.62. The molecule has 0 spiro atoms. The summed E-state index contributed by atoms with van der Waals surface area (Å²) in [6, 6.07) is 1.39. The first-order valence-electron chi connectivity index (χ1n) is 3.64. The van der Waals surface area contributed by atoms with E-state index < -0.39 is 0 Å². The number of rotatable bonds is 2. The Kier molecular flexibility index (Phi) is 3.15. The molecule has 0 aromatic carbocycles. The normalized spacial score (nSPS) is 10.4. The maximum absolute atomic E-state index is 13.3. The Labute approximate surface area is 96.7 Å². The summed E-state index contributed by atoms with van der Waals surface area (Å²) in [6.45, 7) is 0. The summed E-state index contributed by atoms with van der Waals surface area (Å²) in [4.78, 5) is 8.00. The Morgan fingerprint density at radius 2 is 2.29 bits per heavy atom. The van der Waals surface area contributed by atoms with E-state index in [0.717, 1.165) is 4.34 Å². The van der Waals surface area contributed by atoms with Crippen LogP contribution in [-0.2, 0) is 0 Å². The molecule has 0 atom stereocenters. The van der Waals surface area contributed by atoms with E-state index in [2.05, 4.69) is 25.9 Å². The summed E-state index contributed by atoms with van der Waals surface area (Å²) in [7, 11) is 0. The number of nitrogens with zero attached hydrogens (tertiary/aromatic N) is 2. The van der Waals surface area contributed by atoms with Crippen LogP contribution in [0.1, 0.15) is 0 Å². The van der Waals surface area contributed by atoms with Crippen LogP contribution in [0.4, 0.5) is 4.39 Å². The molecule has 0 N–H and O–H groups in total. The fraction of sp³-hybridized carbons (Fsp3) is 0. The molecule has 0 fully saturated rings. The van der Waals surface area contributed by atoms with Crippen LogP contribution in [0.2, 0.25) is 0 Å². The topological polar surface area (TPSA) is 25.8 Å². The molecule has 2 rings (SSSR count). The van der Waals surface area contributed by atoms with Crippen molar-refractivity contribution in [3.8, 4) is 0 Å². The highest BCUT2D eigenvalue weighted by atomic mass is 79.9. The van der Waals surface area contributed by atoms with Crippen LogP contribution >= 0.6 is 39.0 Å². The predicted octanol–water partition coefficient (Wildman–Crippen LogP) is 3.59. The van der Waals surface area contributed by atoms with Gasteiger partial charge in [0.15, 0.2) is 10.2 Å². The average molecular weight is 291 g/mol. The van der Waals surface area contributed by atoms with Crippen molar-refractivity contribution in [3.63, 3.8) is 0 Å². The van der Waals surface area contributed by atoms with Gasteiger partial charge in [0.2, 0.25) is 0 Å². The van der Waals surface area contributed by atoms with Crippen molar-refractivity contribution in [2.24, 2.45) is 0 Å². The van der Waals surface area contributed by atoms with Gasteiger partial charge in [-0.15, -0.1) is 11.3 Å². The molecule has 0 bridgehead atoms. The summed E-state index contributed by atoms with van der Waals surface area (Å²) in [6.07, 6.45) is 3.25. The largest absolute Gasteiger partial charge is 0.245 e. The van der Waals surface area contributed by atoms with Crippen molar-refractivity contribution in [2.45, 2.75) is 9.37 Å². The van der Waals surface area contributed by atoms with Gasteiger partial charge < -0.3 is 0 Å².